The number of aromatic nitrogens is 5. The number of alkyl halides is 3. The molecule has 0 saturated carbocycles. The van der Waals surface area contributed by atoms with Gasteiger partial charge in [0.05, 0.1) is 28.7 Å². The number of nitrogens with zero attached hydrogens (tertiary/aromatic N) is 5. The number of anilines is 1. The number of halogens is 4. The lowest BCUT2D eigenvalue weighted by atomic mass is 10.1. The van der Waals surface area contributed by atoms with E-state index in [9.17, 15) is 17.6 Å². The fraction of sp³-hybridized carbons (Fsp3) is 0.308. The number of pyridine rings is 1. The minimum atomic E-state index is -4.46. The highest BCUT2D eigenvalue weighted by molar-refractivity contribution is 5.78. The number of hydrogen-bond acceptors (Lipinski definition) is 6. The average Bonchev–Trinajstić information content (AvgIpc) is 3.46. The highest BCUT2D eigenvalue weighted by Gasteiger charge is 2.32. The number of imidazole rings is 1. The van der Waals surface area contributed by atoms with Gasteiger partial charge >= 0.3 is 6.18 Å². The van der Waals surface area contributed by atoms with Crippen LogP contribution in [0.3, 0.4) is 0 Å². The van der Waals surface area contributed by atoms with E-state index in [1.54, 1.807) is 24.4 Å². The molecule has 1 N–H and O–H groups in total. The first-order valence-electron chi connectivity index (χ1n) is 11.9. The molecule has 192 valence electrons. The fourth-order valence-corrected chi connectivity index (χ4v) is 4.31. The Morgan fingerprint density at radius 3 is 2.57 bits per heavy atom. The minimum absolute atomic E-state index is 0.106. The molecule has 37 heavy (non-hydrogen) atoms. The van der Waals surface area contributed by atoms with Crippen LogP contribution in [0.25, 0.3) is 22.6 Å². The Bertz CT molecular complexity index is 1370. The van der Waals surface area contributed by atoms with Crippen LogP contribution in [0.4, 0.5) is 23.5 Å². The van der Waals surface area contributed by atoms with E-state index < -0.39 is 11.7 Å². The van der Waals surface area contributed by atoms with Gasteiger partial charge in [-0.05, 0) is 49.2 Å². The van der Waals surface area contributed by atoms with Crippen LogP contribution in [-0.2, 0) is 12.6 Å². The molecular weight excluding hydrogens is 488 g/mol. The first-order valence-corrected chi connectivity index (χ1v) is 11.9. The van der Waals surface area contributed by atoms with Crippen LogP contribution in [0.5, 0.6) is 5.88 Å². The molecule has 0 aliphatic carbocycles. The molecule has 0 spiro atoms. The number of nitrogens with one attached hydrogen (secondary N) is 1. The van der Waals surface area contributed by atoms with E-state index in [0.717, 1.165) is 48.7 Å². The molecule has 5 rings (SSSR count). The third kappa shape index (κ3) is 5.25. The van der Waals surface area contributed by atoms with Crippen molar-refractivity contribution in [2.75, 3.05) is 18.5 Å². The Morgan fingerprint density at radius 2 is 1.86 bits per heavy atom. The normalized spacial score (nSPS) is 15.0. The number of rotatable bonds is 8. The topological polar surface area (TPSA) is 77.8 Å². The summed E-state index contributed by atoms with van der Waals surface area (Å²) >= 11 is 0. The van der Waals surface area contributed by atoms with Crippen molar-refractivity contribution in [2.45, 2.75) is 38.4 Å². The van der Waals surface area contributed by atoms with Crippen LogP contribution in [0, 0.1) is 5.82 Å². The minimum Gasteiger partial charge on any atom is -0.475 e. The van der Waals surface area contributed by atoms with E-state index in [-0.39, 0.29) is 24.3 Å². The lowest BCUT2D eigenvalue weighted by Gasteiger charge is -2.18. The monoisotopic (exact) mass is 512 g/mol. The van der Waals surface area contributed by atoms with Crippen molar-refractivity contribution in [2.24, 2.45) is 0 Å². The van der Waals surface area contributed by atoms with Gasteiger partial charge in [-0.2, -0.15) is 13.2 Å². The maximum Gasteiger partial charge on any atom is 0.417 e. The van der Waals surface area contributed by atoms with Gasteiger partial charge in [-0.1, -0.05) is 6.92 Å². The van der Waals surface area contributed by atoms with Crippen molar-refractivity contribution in [3.63, 3.8) is 0 Å². The average molecular weight is 513 g/mol. The molecule has 11 heteroatoms. The van der Waals surface area contributed by atoms with Crippen molar-refractivity contribution >= 4 is 5.95 Å². The van der Waals surface area contributed by atoms with Gasteiger partial charge in [-0.25, -0.2) is 24.3 Å². The lowest BCUT2D eigenvalue weighted by Crippen LogP contribution is -2.16. The molecule has 1 aliphatic rings. The van der Waals surface area contributed by atoms with Gasteiger partial charge in [0.25, 0.3) is 0 Å². The molecular formula is C26H24F4N6O. The van der Waals surface area contributed by atoms with Crippen molar-refractivity contribution in [1.82, 2.24) is 24.5 Å². The summed E-state index contributed by atoms with van der Waals surface area (Å²) in [5, 5.41) is 3.19. The van der Waals surface area contributed by atoms with Gasteiger partial charge in [0, 0.05) is 37.0 Å². The van der Waals surface area contributed by atoms with E-state index in [1.165, 1.54) is 18.2 Å². The summed E-state index contributed by atoms with van der Waals surface area (Å²) in [7, 11) is 0. The summed E-state index contributed by atoms with van der Waals surface area (Å²) in [6.45, 7) is 2.95. The largest absolute Gasteiger partial charge is 0.475 e. The number of hydrogen-bond donors (Lipinski definition) is 1. The van der Waals surface area contributed by atoms with Gasteiger partial charge in [-0.3, -0.25) is 0 Å². The van der Waals surface area contributed by atoms with Crippen molar-refractivity contribution in [3.8, 4) is 28.5 Å². The van der Waals surface area contributed by atoms with Crippen LogP contribution in [-0.4, -0.2) is 37.7 Å². The quantitative estimate of drug-likeness (QED) is 0.294. The predicted molar refractivity (Wildman–Crippen MR) is 130 cm³/mol. The zero-order chi connectivity index (χ0) is 26.0. The van der Waals surface area contributed by atoms with Crippen LogP contribution in [0.15, 0.2) is 54.9 Å². The predicted octanol–water partition coefficient (Wildman–Crippen LogP) is 5.95. The molecule has 4 aromatic rings. The maximum absolute atomic E-state index is 13.6. The van der Waals surface area contributed by atoms with Gasteiger partial charge in [0.2, 0.25) is 11.8 Å². The van der Waals surface area contributed by atoms with Crippen molar-refractivity contribution < 1.29 is 22.3 Å². The molecule has 1 aliphatic heterocycles. The summed E-state index contributed by atoms with van der Waals surface area (Å²) in [5.41, 5.74) is 1.96. The molecule has 0 amide bonds. The number of aryl methyl sites for hydroxylation is 1. The van der Waals surface area contributed by atoms with E-state index in [4.69, 9.17) is 14.7 Å². The Hall–Kier alpha value is -4.02. The molecule has 0 fully saturated rings. The van der Waals surface area contributed by atoms with Gasteiger partial charge in [-0.15, -0.1) is 0 Å². The summed E-state index contributed by atoms with van der Waals surface area (Å²) in [4.78, 5) is 17.7. The van der Waals surface area contributed by atoms with Gasteiger partial charge in [0.15, 0.2) is 0 Å². The molecule has 0 bridgehead atoms. The highest BCUT2D eigenvalue weighted by atomic mass is 19.4. The van der Waals surface area contributed by atoms with Crippen LogP contribution in [0.2, 0.25) is 0 Å². The molecule has 3 aromatic heterocycles. The number of ether oxygens (including phenoxy) is 1. The zero-order valence-electron chi connectivity index (χ0n) is 20.0. The van der Waals surface area contributed by atoms with Crippen LogP contribution < -0.4 is 10.1 Å². The van der Waals surface area contributed by atoms with E-state index in [0.29, 0.717) is 23.8 Å². The Labute approximate surface area is 210 Å². The van der Waals surface area contributed by atoms with Crippen LogP contribution >= 0.6 is 0 Å². The molecule has 1 aromatic carbocycles. The third-order valence-corrected chi connectivity index (χ3v) is 6.09. The SMILES string of the molecule is CCCNc1nccc(-c2c(-c3ccc(F)cc3)nc3n2[C@H](COc2ccc(C(F)(F)F)cn2)CC3)n1. The Balaban J connectivity index is 1.49. The molecule has 0 saturated heterocycles. The Morgan fingerprint density at radius 1 is 1.05 bits per heavy atom. The van der Waals surface area contributed by atoms with Crippen molar-refractivity contribution in [1.29, 1.82) is 0 Å². The maximum atomic E-state index is 13.6. The van der Waals surface area contributed by atoms with Crippen LogP contribution in [0.1, 0.15) is 37.2 Å². The van der Waals surface area contributed by atoms with E-state index in [1.807, 2.05) is 6.92 Å². The summed E-state index contributed by atoms with van der Waals surface area (Å²) < 4.78 is 60.0. The summed E-state index contributed by atoms with van der Waals surface area (Å²) in [6.07, 6.45) is 0.280. The third-order valence-electron chi connectivity index (χ3n) is 6.09. The molecule has 0 unspecified atom stereocenters. The molecule has 4 heterocycles. The molecule has 1 atom stereocenters. The first kappa shape index (κ1) is 24.7. The zero-order valence-corrected chi connectivity index (χ0v) is 20.0. The standard InChI is InChI=1S/C26H24F4N6O/c1-2-12-31-25-32-13-11-20(34-25)24-23(16-3-6-18(27)7-4-16)35-21-9-8-19(36(21)24)15-37-22-10-5-17(14-33-22)26(28,29)30/h3-7,10-11,13-14,19H,2,8-9,12,15H2,1H3,(H,31,32,34)/t19-/m0/s1. The fourth-order valence-electron chi connectivity index (χ4n) is 4.31. The molecule has 0 radical (unpaired) electrons. The summed E-state index contributed by atoms with van der Waals surface area (Å²) in [5.74, 6) is 1.07. The second-order valence-corrected chi connectivity index (χ2v) is 8.68. The lowest BCUT2D eigenvalue weighted by molar-refractivity contribution is -0.137. The highest BCUT2D eigenvalue weighted by Crippen LogP contribution is 2.39. The van der Waals surface area contributed by atoms with E-state index >= 15 is 0 Å². The van der Waals surface area contributed by atoms with Gasteiger partial charge < -0.3 is 14.6 Å². The van der Waals surface area contributed by atoms with E-state index in [2.05, 4.69) is 19.9 Å². The summed E-state index contributed by atoms with van der Waals surface area (Å²) in [6, 6.07) is 9.91. The van der Waals surface area contributed by atoms with Crippen molar-refractivity contribution in [3.05, 3.63) is 72.1 Å². The second-order valence-electron chi connectivity index (χ2n) is 8.68. The molecule has 7 nitrogen and oxygen atoms in total. The number of benzene rings is 1. The smallest absolute Gasteiger partial charge is 0.417 e. The van der Waals surface area contributed by atoms with Gasteiger partial charge in [0.1, 0.15) is 18.2 Å². The number of fused-ring (bicyclic) bond motifs is 1. The second kappa shape index (κ2) is 10.2. The Kier molecular flexibility index (Phi) is 6.77. The first-order chi connectivity index (χ1) is 17.8.